The van der Waals surface area contributed by atoms with Gasteiger partial charge in [0.25, 0.3) is 5.91 Å². The molecule has 1 aromatic rings. The average molecular weight is 264 g/mol. The Morgan fingerprint density at radius 2 is 2.32 bits per heavy atom. The molecule has 3 N–H and O–H groups in total. The summed E-state index contributed by atoms with van der Waals surface area (Å²) in [5.74, 6) is 0.507. The fourth-order valence-corrected chi connectivity index (χ4v) is 2.20. The number of methoxy groups -OCH3 is 1. The van der Waals surface area contributed by atoms with Gasteiger partial charge in [0.2, 0.25) is 0 Å². The Morgan fingerprint density at radius 1 is 1.53 bits per heavy atom. The Kier molecular flexibility index (Phi) is 4.39. The van der Waals surface area contributed by atoms with Gasteiger partial charge in [-0.1, -0.05) is 6.07 Å². The highest BCUT2D eigenvalue weighted by Crippen LogP contribution is 2.27. The van der Waals surface area contributed by atoms with Gasteiger partial charge >= 0.3 is 0 Å². The number of carbonyl (C=O) groups excluding carboxylic acids is 1. The molecule has 1 amide bonds. The zero-order valence-electron chi connectivity index (χ0n) is 11.3. The predicted octanol–water partition coefficient (Wildman–Crippen LogP) is 1.45. The van der Waals surface area contributed by atoms with Crippen LogP contribution in [0.25, 0.3) is 0 Å². The molecule has 5 nitrogen and oxygen atoms in total. The van der Waals surface area contributed by atoms with Crippen LogP contribution >= 0.6 is 0 Å². The summed E-state index contributed by atoms with van der Waals surface area (Å²) in [5, 5.41) is 2.86. The molecular weight excluding hydrogens is 244 g/mol. The minimum absolute atomic E-state index is 0.00449. The molecule has 0 radical (unpaired) electrons. The average Bonchev–Trinajstić information content (AvgIpc) is 2.88. The van der Waals surface area contributed by atoms with E-state index in [2.05, 4.69) is 5.32 Å². The number of hydrogen-bond acceptors (Lipinski definition) is 4. The lowest BCUT2D eigenvalue weighted by molar-refractivity contribution is -0.126. The van der Waals surface area contributed by atoms with Crippen molar-refractivity contribution in [2.24, 2.45) is 5.73 Å². The molecular formula is C14H20N2O3. The van der Waals surface area contributed by atoms with Crippen molar-refractivity contribution >= 4 is 11.6 Å². The lowest BCUT2D eigenvalue weighted by Crippen LogP contribution is -2.29. The third-order valence-corrected chi connectivity index (χ3v) is 3.28. The van der Waals surface area contributed by atoms with Crippen LogP contribution in [-0.4, -0.2) is 31.8 Å². The highest BCUT2D eigenvalue weighted by molar-refractivity contribution is 5.95. The summed E-state index contributed by atoms with van der Waals surface area (Å²) in [6.07, 6.45) is 1.12. The van der Waals surface area contributed by atoms with Gasteiger partial charge in [0.15, 0.2) is 0 Å². The van der Waals surface area contributed by atoms with Gasteiger partial charge in [-0.25, -0.2) is 0 Å². The van der Waals surface area contributed by atoms with Crippen LogP contribution in [0.3, 0.4) is 0 Å². The molecule has 1 fully saturated rings. The van der Waals surface area contributed by atoms with Crippen LogP contribution in [0.15, 0.2) is 18.2 Å². The Balaban J connectivity index is 2.05. The van der Waals surface area contributed by atoms with Crippen LogP contribution in [0.2, 0.25) is 0 Å². The fraction of sp³-hybridized carbons (Fsp3) is 0.500. The first-order valence-corrected chi connectivity index (χ1v) is 6.45. The summed E-state index contributed by atoms with van der Waals surface area (Å²) in [5.41, 5.74) is 7.27. The van der Waals surface area contributed by atoms with Crippen molar-refractivity contribution < 1.29 is 14.3 Å². The molecule has 1 saturated heterocycles. The molecule has 1 aliphatic rings. The van der Waals surface area contributed by atoms with Crippen LogP contribution in [0.1, 0.15) is 18.4 Å². The number of rotatable bonds is 4. The van der Waals surface area contributed by atoms with E-state index >= 15 is 0 Å². The van der Waals surface area contributed by atoms with E-state index in [0.717, 1.165) is 12.0 Å². The molecule has 0 bridgehead atoms. The summed E-state index contributed by atoms with van der Waals surface area (Å²) in [7, 11) is 1.58. The number of nitrogens with two attached hydrogens (primary N) is 1. The molecule has 2 atom stereocenters. The molecule has 1 heterocycles. The zero-order chi connectivity index (χ0) is 13.8. The molecule has 104 valence electrons. The molecule has 1 aromatic carbocycles. The second-order valence-corrected chi connectivity index (χ2v) is 4.75. The third-order valence-electron chi connectivity index (χ3n) is 3.28. The Bertz CT molecular complexity index is 462. The second kappa shape index (κ2) is 6.04. The number of nitrogens with one attached hydrogen (secondary N) is 1. The second-order valence-electron chi connectivity index (χ2n) is 4.75. The molecule has 0 saturated carbocycles. The quantitative estimate of drug-likeness (QED) is 0.863. The molecule has 5 heteroatoms. The molecule has 1 aliphatic heterocycles. The van der Waals surface area contributed by atoms with Crippen LogP contribution < -0.4 is 15.8 Å². The zero-order valence-corrected chi connectivity index (χ0v) is 11.3. The van der Waals surface area contributed by atoms with E-state index in [1.54, 1.807) is 7.11 Å². The normalized spacial score (nSPS) is 22.3. The van der Waals surface area contributed by atoms with Crippen LogP contribution in [-0.2, 0) is 9.53 Å². The first-order valence-electron chi connectivity index (χ1n) is 6.45. The third kappa shape index (κ3) is 3.24. The van der Waals surface area contributed by atoms with E-state index in [4.69, 9.17) is 15.2 Å². The summed E-state index contributed by atoms with van der Waals surface area (Å²) >= 11 is 0. The monoisotopic (exact) mass is 264 g/mol. The van der Waals surface area contributed by atoms with Crippen molar-refractivity contribution in [3.63, 3.8) is 0 Å². The Morgan fingerprint density at radius 3 is 2.95 bits per heavy atom. The van der Waals surface area contributed by atoms with Gasteiger partial charge < -0.3 is 20.5 Å². The number of aryl methyl sites for hydroxylation is 1. The van der Waals surface area contributed by atoms with Gasteiger partial charge in [0.05, 0.1) is 18.9 Å². The number of ether oxygens (including phenoxy) is 2. The lowest BCUT2D eigenvalue weighted by atomic mass is 10.1. The minimum atomic E-state index is -0.418. The van der Waals surface area contributed by atoms with E-state index < -0.39 is 6.10 Å². The van der Waals surface area contributed by atoms with Crippen molar-refractivity contribution in [3.8, 4) is 5.75 Å². The summed E-state index contributed by atoms with van der Waals surface area (Å²) in [6, 6.07) is 5.65. The van der Waals surface area contributed by atoms with Gasteiger partial charge in [-0.3, -0.25) is 4.79 Å². The number of hydrogen-bond donors (Lipinski definition) is 2. The molecule has 2 unspecified atom stereocenters. The first-order chi connectivity index (χ1) is 9.13. The Labute approximate surface area is 113 Å². The van der Waals surface area contributed by atoms with Crippen molar-refractivity contribution in [3.05, 3.63) is 23.8 Å². The van der Waals surface area contributed by atoms with E-state index in [-0.39, 0.29) is 12.0 Å². The van der Waals surface area contributed by atoms with Crippen molar-refractivity contribution in [1.29, 1.82) is 0 Å². The molecule has 19 heavy (non-hydrogen) atoms. The molecule has 2 rings (SSSR count). The SMILES string of the molecule is COc1ccc(C)cc1NC(=O)C1CCC(CN)O1. The number of anilines is 1. The summed E-state index contributed by atoms with van der Waals surface area (Å²) in [6.45, 7) is 2.42. The fourth-order valence-electron chi connectivity index (χ4n) is 2.20. The van der Waals surface area contributed by atoms with E-state index in [0.29, 0.717) is 24.4 Å². The minimum Gasteiger partial charge on any atom is -0.495 e. The smallest absolute Gasteiger partial charge is 0.253 e. The van der Waals surface area contributed by atoms with Crippen molar-refractivity contribution in [2.45, 2.75) is 32.0 Å². The first kappa shape index (κ1) is 13.8. The predicted molar refractivity (Wildman–Crippen MR) is 73.3 cm³/mol. The topological polar surface area (TPSA) is 73.6 Å². The van der Waals surface area contributed by atoms with Gasteiger partial charge in [0.1, 0.15) is 11.9 Å². The molecule has 0 aromatic heterocycles. The lowest BCUT2D eigenvalue weighted by Gasteiger charge is -2.15. The van der Waals surface area contributed by atoms with Crippen molar-refractivity contribution in [1.82, 2.24) is 0 Å². The molecule has 0 spiro atoms. The number of amides is 1. The van der Waals surface area contributed by atoms with Gasteiger partial charge in [-0.05, 0) is 37.5 Å². The highest BCUT2D eigenvalue weighted by atomic mass is 16.5. The number of carbonyl (C=O) groups is 1. The maximum absolute atomic E-state index is 12.1. The maximum atomic E-state index is 12.1. The summed E-state index contributed by atoms with van der Waals surface area (Å²) in [4.78, 5) is 12.1. The Hall–Kier alpha value is -1.59. The van der Waals surface area contributed by atoms with Crippen LogP contribution in [0.4, 0.5) is 5.69 Å². The van der Waals surface area contributed by atoms with E-state index in [1.165, 1.54) is 0 Å². The highest BCUT2D eigenvalue weighted by Gasteiger charge is 2.30. The standard InChI is InChI=1S/C14H20N2O3/c1-9-3-5-12(18-2)11(7-9)16-14(17)13-6-4-10(8-15)19-13/h3,5,7,10,13H,4,6,8,15H2,1-2H3,(H,16,17). The van der Waals surface area contributed by atoms with Gasteiger partial charge in [0, 0.05) is 6.54 Å². The largest absolute Gasteiger partial charge is 0.495 e. The van der Waals surface area contributed by atoms with Gasteiger partial charge in [-0.2, -0.15) is 0 Å². The van der Waals surface area contributed by atoms with Crippen molar-refractivity contribution in [2.75, 3.05) is 19.0 Å². The van der Waals surface area contributed by atoms with Gasteiger partial charge in [-0.15, -0.1) is 0 Å². The van der Waals surface area contributed by atoms with E-state index in [1.807, 2.05) is 25.1 Å². The van der Waals surface area contributed by atoms with E-state index in [9.17, 15) is 4.79 Å². The summed E-state index contributed by atoms with van der Waals surface area (Å²) < 4.78 is 10.8. The molecule has 0 aliphatic carbocycles. The van der Waals surface area contributed by atoms with Crippen LogP contribution in [0.5, 0.6) is 5.75 Å². The maximum Gasteiger partial charge on any atom is 0.253 e. The number of benzene rings is 1. The van der Waals surface area contributed by atoms with Crippen LogP contribution in [0, 0.1) is 6.92 Å².